The molecule has 0 aliphatic carbocycles. The minimum atomic E-state index is -0.892. The molecule has 1 atom stereocenters. The number of hydrogen-bond donors (Lipinski definition) is 0. The Kier molecular flexibility index (Phi) is 49.8. The summed E-state index contributed by atoms with van der Waals surface area (Å²) in [5, 5.41) is 0. The number of carbonyl (C=O) groups is 3. The second-order valence-electron chi connectivity index (χ2n) is 15.7. The zero-order valence-corrected chi connectivity index (χ0v) is 42.7. The fraction of sp³-hybridized carbons (Fsp3) is 0.413. The Morgan fingerprint density at radius 1 is 0.304 bits per heavy atom. The molecule has 0 saturated heterocycles. The summed E-state index contributed by atoms with van der Waals surface area (Å²) in [7, 11) is 0. The second-order valence-corrected chi connectivity index (χ2v) is 15.7. The number of hydrogen-bond acceptors (Lipinski definition) is 6. The molecule has 0 radical (unpaired) electrons. The van der Waals surface area contributed by atoms with Gasteiger partial charge in [0.25, 0.3) is 0 Å². The molecule has 0 amide bonds. The first-order valence-electron chi connectivity index (χ1n) is 25.7. The van der Waals surface area contributed by atoms with E-state index in [4.69, 9.17) is 14.2 Å². The van der Waals surface area contributed by atoms with Gasteiger partial charge in [0.05, 0.1) is 0 Å². The minimum absolute atomic E-state index is 0.160. The SMILES string of the molecule is CC/C=C/C=C/C=C/C=C/C=C/CCCC(=O)OCC(COC(=O)CC/C=C/C/C=C/C/C=C/C/C=C/C/C=C/C/C=C/CC)OC(=O)CC/C=C/C/C=C/C/C=C/C/C=C/C/C=C/C/C=C/CC. The van der Waals surface area contributed by atoms with Crippen LogP contribution in [0.25, 0.3) is 0 Å². The van der Waals surface area contributed by atoms with Crippen LogP contribution in [-0.2, 0) is 28.6 Å². The van der Waals surface area contributed by atoms with Gasteiger partial charge in [0.2, 0.25) is 0 Å². The third kappa shape index (κ3) is 52.8. The van der Waals surface area contributed by atoms with E-state index in [-0.39, 0.29) is 32.5 Å². The van der Waals surface area contributed by atoms with E-state index < -0.39 is 24.0 Å². The smallest absolute Gasteiger partial charge is 0.306 e. The Balaban J connectivity index is 4.76. The summed E-state index contributed by atoms with van der Waals surface area (Å²) in [6.07, 6.45) is 85.6. The highest BCUT2D eigenvalue weighted by Crippen LogP contribution is 2.07. The molecule has 0 aromatic carbocycles. The van der Waals surface area contributed by atoms with E-state index in [1.54, 1.807) is 0 Å². The molecule has 0 spiro atoms. The van der Waals surface area contributed by atoms with Gasteiger partial charge in [0.15, 0.2) is 6.10 Å². The maximum atomic E-state index is 12.8. The monoisotopic (exact) mass is 941 g/mol. The van der Waals surface area contributed by atoms with Crippen molar-refractivity contribution >= 4 is 17.9 Å². The Labute approximate surface area is 419 Å². The molecule has 6 nitrogen and oxygen atoms in total. The van der Waals surface area contributed by atoms with Gasteiger partial charge in [0, 0.05) is 19.3 Å². The standard InChI is InChI=1S/C63H88O6/c1-4-7-10-13-16-19-22-25-27-29-31-33-35-38-41-44-47-50-53-56-62(65)68-59-60(58-67-61(64)55-52-49-46-43-40-37-24-21-18-15-12-9-6-3)69-63(66)57-54-51-48-45-42-39-36-34-32-30-28-26-23-20-17-14-11-8-5-2/h7-12,15-21,24-28,31-34,37-43,46-48,50-51,60H,4-6,13-14,22-23,29-30,35-36,44-45,49,52-59H2,1-3H3/b10-7+,11-8+,12-9+,18-15+,19-16+,20-17+,24-21+,27-25+,28-26+,33-31+,34-32+,40-37+,41-38+,42-39+,46-43+,50-47+,51-48+. The van der Waals surface area contributed by atoms with Crippen LogP contribution in [0.4, 0.5) is 0 Å². The quantitative estimate of drug-likeness (QED) is 0.0199. The lowest BCUT2D eigenvalue weighted by atomic mass is 10.2. The molecule has 376 valence electrons. The van der Waals surface area contributed by atoms with E-state index in [1.807, 2.05) is 79.0 Å². The molecule has 0 heterocycles. The van der Waals surface area contributed by atoms with Crippen LogP contribution in [0.5, 0.6) is 0 Å². The molecule has 0 aliphatic rings. The molecule has 0 fully saturated rings. The van der Waals surface area contributed by atoms with Gasteiger partial charge in [-0.15, -0.1) is 0 Å². The van der Waals surface area contributed by atoms with Gasteiger partial charge in [-0.2, -0.15) is 0 Å². The summed E-state index contributed by atoms with van der Waals surface area (Å²) in [6, 6.07) is 0. The normalized spacial score (nSPS) is 13.8. The van der Waals surface area contributed by atoms with E-state index in [2.05, 4.69) is 148 Å². The summed E-state index contributed by atoms with van der Waals surface area (Å²) in [5.41, 5.74) is 0. The van der Waals surface area contributed by atoms with Crippen LogP contribution in [0.15, 0.2) is 207 Å². The number of rotatable bonds is 42. The minimum Gasteiger partial charge on any atom is -0.462 e. The van der Waals surface area contributed by atoms with Crippen LogP contribution in [0.3, 0.4) is 0 Å². The lowest BCUT2D eigenvalue weighted by Crippen LogP contribution is -2.30. The van der Waals surface area contributed by atoms with E-state index in [0.717, 1.165) is 83.5 Å². The molecule has 0 aromatic rings. The molecule has 0 rings (SSSR count). The van der Waals surface area contributed by atoms with Gasteiger partial charge in [-0.25, -0.2) is 0 Å². The second kappa shape index (κ2) is 54.6. The number of unbranched alkanes of at least 4 members (excludes halogenated alkanes) is 1. The average Bonchev–Trinajstić information content (AvgIpc) is 3.35. The van der Waals surface area contributed by atoms with Gasteiger partial charge in [-0.05, 0) is 109 Å². The largest absolute Gasteiger partial charge is 0.462 e. The van der Waals surface area contributed by atoms with Gasteiger partial charge in [-0.3, -0.25) is 14.4 Å². The maximum Gasteiger partial charge on any atom is 0.306 e. The van der Waals surface area contributed by atoms with Crippen LogP contribution in [0, 0.1) is 0 Å². The van der Waals surface area contributed by atoms with Crippen LogP contribution >= 0.6 is 0 Å². The van der Waals surface area contributed by atoms with E-state index in [0.29, 0.717) is 25.7 Å². The first kappa shape index (κ1) is 63.0. The van der Waals surface area contributed by atoms with Crippen molar-refractivity contribution in [1.82, 2.24) is 0 Å². The summed E-state index contributed by atoms with van der Waals surface area (Å²) < 4.78 is 16.6. The lowest BCUT2D eigenvalue weighted by molar-refractivity contribution is -0.166. The summed E-state index contributed by atoms with van der Waals surface area (Å²) in [6.45, 7) is 6.02. The Hall–Kier alpha value is -6.01. The number of carbonyl (C=O) groups excluding carboxylic acids is 3. The van der Waals surface area contributed by atoms with E-state index in [9.17, 15) is 14.4 Å². The number of esters is 3. The fourth-order valence-electron chi connectivity index (χ4n) is 5.70. The number of ether oxygens (including phenoxy) is 3. The van der Waals surface area contributed by atoms with Crippen molar-refractivity contribution in [3.05, 3.63) is 207 Å². The molecule has 1 unspecified atom stereocenters. The van der Waals surface area contributed by atoms with Crippen LogP contribution in [0.2, 0.25) is 0 Å². The third-order valence-corrected chi connectivity index (χ3v) is 9.42. The highest BCUT2D eigenvalue weighted by molar-refractivity contribution is 5.71. The molecule has 69 heavy (non-hydrogen) atoms. The molecule has 6 heteroatoms. The predicted molar refractivity (Wildman–Crippen MR) is 297 cm³/mol. The van der Waals surface area contributed by atoms with Gasteiger partial charge in [-0.1, -0.05) is 227 Å². The molecular weight excluding hydrogens is 853 g/mol. The zero-order valence-electron chi connectivity index (χ0n) is 42.7. The highest BCUT2D eigenvalue weighted by atomic mass is 16.6. The molecule has 0 bridgehead atoms. The topological polar surface area (TPSA) is 78.9 Å². The first-order chi connectivity index (χ1) is 34.0. The fourth-order valence-corrected chi connectivity index (χ4v) is 5.70. The summed E-state index contributed by atoms with van der Waals surface area (Å²) in [5.74, 6) is -1.24. The van der Waals surface area contributed by atoms with Crippen LogP contribution in [0.1, 0.15) is 149 Å². The maximum absolute atomic E-state index is 12.8. The molecular formula is C63H88O6. The van der Waals surface area contributed by atoms with Gasteiger partial charge >= 0.3 is 17.9 Å². The van der Waals surface area contributed by atoms with Gasteiger partial charge in [0.1, 0.15) is 13.2 Å². The molecule has 0 aliphatic heterocycles. The average molecular weight is 941 g/mol. The van der Waals surface area contributed by atoms with E-state index in [1.165, 1.54) is 0 Å². The first-order valence-corrected chi connectivity index (χ1v) is 25.7. The van der Waals surface area contributed by atoms with Crippen molar-refractivity contribution in [3.8, 4) is 0 Å². The van der Waals surface area contributed by atoms with E-state index >= 15 is 0 Å². The van der Waals surface area contributed by atoms with Crippen molar-refractivity contribution in [1.29, 1.82) is 0 Å². The zero-order chi connectivity index (χ0) is 50.0. The predicted octanol–water partition coefficient (Wildman–Crippen LogP) is 17.3. The third-order valence-electron chi connectivity index (χ3n) is 9.42. The van der Waals surface area contributed by atoms with Crippen molar-refractivity contribution < 1.29 is 28.6 Å². The summed E-state index contributed by atoms with van der Waals surface area (Å²) >= 11 is 0. The van der Waals surface area contributed by atoms with Crippen molar-refractivity contribution in [2.45, 2.75) is 155 Å². The molecule has 0 aromatic heterocycles. The van der Waals surface area contributed by atoms with Crippen molar-refractivity contribution in [2.75, 3.05) is 13.2 Å². The van der Waals surface area contributed by atoms with Gasteiger partial charge < -0.3 is 14.2 Å². The van der Waals surface area contributed by atoms with Crippen molar-refractivity contribution in [2.24, 2.45) is 0 Å². The lowest BCUT2D eigenvalue weighted by Gasteiger charge is -2.18. The molecule has 0 saturated carbocycles. The highest BCUT2D eigenvalue weighted by Gasteiger charge is 2.19. The summed E-state index contributed by atoms with van der Waals surface area (Å²) in [4.78, 5) is 37.9. The van der Waals surface area contributed by atoms with Crippen molar-refractivity contribution in [3.63, 3.8) is 0 Å². The van der Waals surface area contributed by atoms with Crippen LogP contribution < -0.4 is 0 Å². The Morgan fingerprint density at radius 3 is 0.957 bits per heavy atom. The Morgan fingerprint density at radius 2 is 0.594 bits per heavy atom. The van der Waals surface area contributed by atoms with Crippen LogP contribution in [-0.4, -0.2) is 37.2 Å². The molecule has 0 N–H and O–H groups in total. The Bertz CT molecular complexity index is 1790. The number of allylic oxidation sites excluding steroid dienone is 34.